The zero-order valence-corrected chi connectivity index (χ0v) is 8.81. The first kappa shape index (κ1) is 11.4. The van der Waals surface area contributed by atoms with Crippen molar-refractivity contribution in [3.8, 4) is 0 Å². The van der Waals surface area contributed by atoms with Gasteiger partial charge in [0.1, 0.15) is 5.82 Å². The molecule has 0 bridgehead atoms. The summed E-state index contributed by atoms with van der Waals surface area (Å²) in [6.45, 7) is 2.13. The Morgan fingerprint density at radius 2 is 2.14 bits per heavy atom. The molecule has 0 saturated carbocycles. The number of halogens is 2. The minimum absolute atomic E-state index is 0.281. The van der Waals surface area contributed by atoms with E-state index in [-0.39, 0.29) is 11.9 Å². The Morgan fingerprint density at radius 1 is 1.50 bits per heavy atom. The Morgan fingerprint density at radius 3 is 2.71 bits per heavy atom. The zero-order chi connectivity index (χ0) is 10.7. The van der Waals surface area contributed by atoms with Crippen molar-refractivity contribution in [1.82, 2.24) is 0 Å². The topological polar surface area (TPSA) is 52.0 Å². The van der Waals surface area contributed by atoms with Gasteiger partial charge in [0, 0.05) is 11.1 Å². The summed E-state index contributed by atoms with van der Waals surface area (Å²) in [5.41, 5.74) is 12.3. The highest BCUT2D eigenvalue weighted by Gasteiger charge is 2.12. The van der Waals surface area contributed by atoms with E-state index in [1.165, 1.54) is 6.07 Å². The van der Waals surface area contributed by atoms with E-state index in [4.69, 9.17) is 23.1 Å². The number of aryl methyl sites for hydroxylation is 1. The maximum absolute atomic E-state index is 13.2. The molecule has 0 saturated heterocycles. The largest absolute Gasteiger partial charge is 0.330 e. The fourth-order valence-electron chi connectivity index (χ4n) is 1.28. The van der Waals surface area contributed by atoms with Crippen molar-refractivity contribution in [2.75, 3.05) is 6.54 Å². The summed E-state index contributed by atoms with van der Waals surface area (Å²) in [5, 5.41) is 0.504. The smallest absolute Gasteiger partial charge is 0.126 e. The van der Waals surface area contributed by atoms with Crippen molar-refractivity contribution in [3.63, 3.8) is 0 Å². The SMILES string of the molecule is Cc1cc(Cl)c(C(N)CCN)cc1F. The number of rotatable bonds is 3. The summed E-state index contributed by atoms with van der Waals surface area (Å²) in [4.78, 5) is 0. The van der Waals surface area contributed by atoms with Gasteiger partial charge in [-0.25, -0.2) is 4.39 Å². The van der Waals surface area contributed by atoms with Crippen molar-refractivity contribution in [2.24, 2.45) is 11.5 Å². The standard InChI is InChI=1S/C10H14ClFN2/c1-6-4-8(11)7(5-9(6)12)10(14)2-3-13/h4-5,10H,2-3,13-14H2,1H3. The van der Waals surface area contributed by atoms with Crippen LogP contribution in [0.25, 0.3) is 0 Å². The molecule has 0 aliphatic rings. The third kappa shape index (κ3) is 2.44. The van der Waals surface area contributed by atoms with Gasteiger partial charge in [0.05, 0.1) is 0 Å². The first-order valence-corrected chi connectivity index (χ1v) is 4.85. The van der Waals surface area contributed by atoms with Crippen LogP contribution in [-0.4, -0.2) is 6.54 Å². The van der Waals surface area contributed by atoms with E-state index < -0.39 is 0 Å². The molecule has 1 atom stereocenters. The summed E-state index contributed by atoms with van der Waals surface area (Å²) in [5.74, 6) is -0.281. The molecule has 0 aliphatic carbocycles. The summed E-state index contributed by atoms with van der Waals surface area (Å²) >= 11 is 5.94. The van der Waals surface area contributed by atoms with Crippen molar-refractivity contribution in [3.05, 3.63) is 34.1 Å². The Kier molecular flexibility index (Phi) is 3.86. The maximum atomic E-state index is 13.2. The van der Waals surface area contributed by atoms with Gasteiger partial charge < -0.3 is 11.5 Å². The van der Waals surface area contributed by atoms with E-state index in [1.807, 2.05) is 0 Å². The van der Waals surface area contributed by atoms with E-state index in [0.717, 1.165) is 0 Å². The van der Waals surface area contributed by atoms with Gasteiger partial charge in [0.15, 0.2) is 0 Å². The Bertz CT molecular complexity index is 328. The fourth-order valence-corrected chi connectivity index (χ4v) is 1.64. The van der Waals surface area contributed by atoms with Gasteiger partial charge >= 0.3 is 0 Å². The quantitative estimate of drug-likeness (QED) is 0.814. The molecule has 0 aliphatic heterocycles. The highest BCUT2D eigenvalue weighted by molar-refractivity contribution is 6.31. The minimum atomic E-state index is -0.289. The van der Waals surface area contributed by atoms with Crippen molar-refractivity contribution < 1.29 is 4.39 Å². The second kappa shape index (κ2) is 4.73. The van der Waals surface area contributed by atoms with E-state index in [1.54, 1.807) is 13.0 Å². The maximum Gasteiger partial charge on any atom is 0.126 e. The van der Waals surface area contributed by atoms with Gasteiger partial charge in [-0.1, -0.05) is 11.6 Å². The molecule has 0 aromatic heterocycles. The predicted molar refractivity (Wildman–Crippen MR) is 56.7 cm³/mol. The monoisotopic (exact) mass is 216 g/mol. The molecule has 4 heteroatoms. The molecule has 0 heterocycles. The van der Waals surface area contributed by atoms with Crippen molar-refractivity contribution in [1.29, 1.82) is 0 Å². The third-order valence-electron chi connectivity index (χ3n) is 2.16. The lowest BCUT2D eigenvalue weighted by Crippen LogP contribution is -2.16. The van der Waals surface area contributed by atoms with Gasteiger partial charge in [0.25, 0.3) is 0 Å². The Labute approximate surface area is 88.0 Å². The van der Waals surface area contributed by atoms with Gasteiger partial charge in [0.2, 0.25) is 0 Å². The summed E-state index contributed by atoms with van der Waals surface area (Å²) < 4.78 is 13.2. The Hall–Kier alpha value is -0.640. The van der Waals surface area contributed by atoms with Gasteiger partial charge in [-0.2, -0.15) is 0 Å². The van der Waals surface area contributed by atoms with Crippen LogP contribution >= 0.6 is 11.6 Å². The zero-order valence-electron chi connectivity index (χ0n) is 8.06. The molecule has 1 aromatic carbocycles. The average molecular weight is 217 g/mol. The van der Waals surface area contributed by atoms with Crippen molar-refractivity contribution >= 4 is 11.6 Å². The Balaban J connectivity index is 3.02. The predicted octanol–water partition coefficient (Wildman–Crippen LogP) is 2.14. The van der Waals surface area contributed by atoms with Crippen LogP contribution < -0.4 is 11.5 Å². The van der Waals surface area contributed by atoms with Crippen LogP contribution in [0.1, 0.15) is 23.6 Å². The number of hydrogen-bond donors (Lipinski definition) is 2. The summed E-state index contributed by atoms with van der Waals surface area (Å²) in [6, 6.07) is 2.68. The molecule has 1 aromatic rings. The fraction of sp³-hybridized carbons (Fsp3) is 0.400. The molecule has 0 amide bonds. The molecule has 14 heavy (non-hydrogen) atoms. The first-order chi connectivity index (χ1) is 6.56. The minimum Gasteiger partial charge on any atom is -0.330 e. The van der Waals surface area contributed by atoms with Crippen LogP contribution in [0.3, 0.4) is 0 Å². The van der Waals surface area contributed by atoms with Crippen LogP contribution in [-0.2, 0) is 0 Å². The molecular weight excluding hydrogens is 203 g/mol. The lowest BCUT2D eigenvalue weighted by molar-refractivity contribution is 0.604. The highest BCUT2D eigenvalue weighted by atomic mass is 35.5. The van der Waals surface area contributed by atoms with E-state index in [9.17, 15) is 4.39 Å². The first-order valence-electron chi connectivity index (χ1n) is 4.47. The molecular formula is C10H14ClFN2. The molecule has 2 nitrogen and oxygen atoms in total. The normalized spacial score (nSPS) is 12.9. The number of nitrogens with two attached hydrogens (primary N) is 2. The van der Waals surface area contributed by atoms with E-state index in [2.05, 4.69) is 0 Å². The van der Waals surface area contributed by atoms with Crippen LogP contribution in [0.15, 0.2) is 12.1 Å². The molecule has 1 unspecified atom stereocenters. The third-order valence-corrected chi connectivity index (χ3v) is 2.48. The summed E-state index contributed by atoms with van der Waals surface area (Å²) in [6.07, 6.45) is 0.599. The second-order valence-electron chi connectivity index (χ2n) is 3.31. The number of hydrogen-bond acceptors (Lipinski definition) is 2. The summed E-state index contributed by atoms with van der Waals surface area (Å²) in [7, 11) is 0. The molecule has 0 spiro atoms. The lowest BCUT2D eigenvalue weighted by atomic mass is 10.0. The molecule has 0 radical (unpaired) electrons. The average Bonchev–Trinajstić information content (AvgIpc) is 2.11. The van der Waals surface area contributed by atoms with Crippen LogP contribution in [0, 0.1) is 12.7 Å². The van der Waals surface area contributed by atoms with Crippen molar-refractivity contribution in [2.45, 2.75) is 19.4 Å². The highest BCUT2D eigenvalue weighted by Crippen LogP contribution is 2.26. The van der Waals surface area contributed by atoms with Gasteiger partial charge in [-0.3, -0.25) is 0 Å². The van der Waals surface area contributed by atoms with E-state index in [0.29, 0.717) is 29.1 Å². The van der Waals surface area contributed by atoms with Crippen LogP contribution in [0.2, 0.25) is 5.02 Å². The molecule has 1 rings (SSSR count). The molecule has 0 fully saturated rings. The molecule has 78 valence electrons. The van der Waals surface area contributed by atoms with Crippen LogP contribution in [0.4, 0.5) is 4.39 Å². The van der Waals surface area contributed by atoms with Crippen LogP contribution in [0.5, 0.6) is 0 Å². The second-order valence-corrected chi connectivity index (χ2v) is 3.71. The lowest BCUT2D eigenvalue weighted by Gasteiger charge is -2.13. The van der Waals surface area contributed by atoms with Gasteiger partial charge in [-0.15, -0.1) is 0 Å². The number of benzene rings is 1. The van der Waals surface area contributed by atoms with E-state index >= 15 is 0 Å². The molecule has 4 N–H and O–H groups in total. The van der Waals surface area contributed by atoms with Gasteiger partial charge in [-0.05, 0) is 43.1 Å².